The van der Waals surface area contributed by atoms with Gasteiger partial charge in [0.2, 0.25) is 11.9 Å². The quantitative estimate of drug-likeness (QED) is 0.597. The highest BCUT2D eigenvalue weighted by Gasteiger charge is 2.16. The molecule has 0 radical (unpaired) electrons. The molecule has 0 aliphatic carbocycles. The Hall–Kier alpha value is -2.70. The Morgan fingerprint density at radius 3 is 2.50 bits per heavy atom. The van der Waals surface area contributed by atoms with Crippen molar-refractivity contribution in [3.63, 3.8) is 0 Å². The van der Waals surface area contributed by atoms with Crippen molar-refractivity contribution < 1.29 is 4.79 Å². The van der Waals surface area contributed by atoms with E-state index in [1.165, 1.54) is 0 Å². The van der Waals surface area contributed by atoms with Gasteiger partial charge in [-0.2, -0.15) is 0 Å². The van der Waals surface area contributed by atoms with E-state index in [-0.39, 0.29) is 18.4 Å². The smallest absolute Gasteiger partial charge is 0.228 e. The monoisotopic (exact) mass is 379 g/mol. The van der Waals surface area contributed by atoms with Crippen LogP contribution in [-0.4, -0.2) is 40.0 Å². The van der Waals surface area contributed by atoms with Crippen LogP contribution in [0, 0.1) is 0 Å². The number of aromatic nitrogens is 2. The van der Waals surface area contributed by atoms with Crippen LogP contribution < -0.4 is 11.1 Å². The molecule has 0 fully saturated rings. The minimum Gasteiger partial charge on any atom is -0.324 e. The van der Waals surface area contributed by atoms with Gasteiger partial charge in [0.15, 0.2) is 0 Å². The van der Waals surface area contributed by atoms with Crippen molar-refractivity contribution in [2.24, 2.45) is 5.73 Å². The Morgan fingerprint density at radius 2 is 1.79 bits per heavy atom. The van der Waals surface area contributed by atoms with Gasteiger partial charge in [-0.25, -0.2) is 4.98 Å². The molecule has 0 spiro atoms. The average molecular weight is 380 g/mol. The van der Waals surface area contributed by atoms with Crippen molar-refractivity contribution in [3.8, 4) is 0 Å². The Balaban J connectivity index is 1.76. The minimum absolute atomic E-state index is 0.129. The molecule has 6 nitrogen and oxygen atoms in total. The van der Waals surface area contributed by atoms with Gasteiger partial charge in [0, 0.05) is 25.6 Å². The number of rotatable bonds is 9. The van der Waals surface area contributed by atoms with Gasteiger partial charge in [-0.1, -0.05) is 56.3 Å². The molecular formula is C22H29N5O. The average Bonchev–Trinajstić information content (AvgIpc) is 3.06. The van der Waals surface area contributed by atoms with Gasteiger partial charge in [0.25, 0.3) is 0 Å². The molecule has 0 saturated carbocycles. The third-order valence-corrected chi connectivity index (χ3v) is 5.07. The van der Waals surface area contributed by atoms with Crippen molar-refractivity contribution >= 4 is 22.9 Å². The summed E-state index contributed by atoms with van der Waals surface area (Å²) in [7, 11) is 0. The summed E-state index contributed by atoms with van der Waals surface area (Å²) in [6.45, 7) is 7.97. The number of anilines is 1. The molecule has 2 aromatic carbocycles. The van der Waals surface area contributed by atoms with Gasteiger partial charge < -0.3 is 15.2 Å². The number of hydrogen-bond donors (Lipinski definition) is 2. The van der Waals surface area contributed by atoms with Crippen LogP contribution >= 0.6 is 0 Å². The number of carbonyl (C=O) groups is 1. The summed E-state index contributed by atoms with van der Waals surface area (Å²) >= 11 is 0. The molecule has 3 rings (SSSR count). The maximum Gasteiger partial charge on any atom is 0.228 e. The number of carbonyl (C=O) groups excluding carboxylic acids is 1. The van der Waals surface area contributed by atoms with Crippen LogP contribution in [0.2, 0.25) is 0 Å². The second-order valence-corrected chi connectivity index (χ2v) is 6.87. The standard InChI is InChI=1S/C22H29N5O/c1-3-26(4-2)14-15-27-20-13-9-8-12-19(20)24-22(27)25-21(28)16-18(23)17-10-6-5-7-11-17/h5-13,18H,3-4,14-16,23H2,1-2H3,(H,24,25,28). The zero-order chi connectivity index (χ0) is 19.9. The summed E-state index contributed by atoms with van der Waals surface area (Å²) in [6.07, 6.45) is 0.212. The van der Waals surface area contributed by atoms with E-state index in [0.717, 1.165) is 42.8 Å². The van der Waals surface area contributed by atoms with Gasteiger partial charge in [-0.15, -0.1) is 0 Å². The Bertz CT molecular complexity index is 902. The highest BCUT2D eigenvalue weighted by atomic mass is 16.1. The number of para-hydroxylation sites is 2. The van der Waals surface area contributed by atoms with Crippen molar-refractivity contribution in [1.29, 1.82) is 0 Å². The lowest BCUT2D eigenvalue weighted by Gasteiger charge is -2.19. The number of nitrogens with zero attached hydrogens (tertiary/aromatic N) is 3. The molecule has 0 aliphatic heterocycles. The lowest BCUT2D eigenvalue weighted by Crippen LogP contribution is -2.28. The predicted octanol–water partition coefficient (Wildman–Crippen LogP) is 3.41. The molecule has 0 saturated heterocycles. The van der Waals surface area contributed by atoms with Crippen LogP contribution in [0.3, 0.4) is 0 Å². The first-order valence-corrected chi connectivity index (χ1v) is 9.90. The fourth-order valence-corrected chi connectivity index (χ4v) is 3.37. The van der Waals surface area contributed by atoms with Crippen LogP contribution in [0.15, 0.2) is 54.6 Å². The molecule has 0 bridgehead atoms. The summed E-state index contributed by atoms with van der Waals surface area (Å²) in [5.74, 6) is 0.453. The Kier molecular flexibility index (Phi) is 6.79. The predicted molar refractivity (Wildman–Crippen MR) is 114 cm³/mol. The van der Waals surface area contributed by atoms with E-state index in [9.17, 15) is 4.79 Å². The summed E-state index contributed by atoms with van der Waals surface area (Å²) in [5, 5.41) is 2.97. The van der Waals surface area contributed by atoms with E-state index in [0.29, 0.717) is 5.95 Å². The van der Waals surface area contributed by atoms with E-state index in [4.69, 9.17) is 5.73 Å². The van der Waals surface area contributed by atoms with Crippen molar-refractivity contribution in [2.45, 2.75) is 32.9 Å². The van der Waals surface area contributed by atoms with Crippen molar-refractivity contribution in [2.75, 3.05) is 25.0 Å². The molecule has 1 atom stereocenters. The third kappa shape index (κ3) is 4.77. The summed E-state index contributed by atoms with van der Waals surface area (Å²) in [6, 6.07) is 17.3. The highest BCUT2D eigenvalue weighted by molar-refractivity contribution is 5.92. The molecule has 1 unspecified atom stereocenters. The zero-order valence-electron chi connectivity index (χ0n) is 16.6. The number of imidazole rings is 1. The molecule has 0 aliphatic rings. The van der Waals surface area contributed by atoms with E-state index in [1.807, 2.05) is 54.6 Å². The number of benzene rings is 2. The van der Waals surface area contributed by atoms with Gasteiger partial charge in [0.1, 0.15) is 0 Å². The van der Waals surface area contributed by atoms with Crippen LogP contribution in [0.5, 0.6) is 0 Å². The maximum atomic E-state index is 12.6. The second-order valence-electron chi connectivity index (χ2n) is 6.87. The highest BCUT2D eigenvalue weighted by Crippen LogP contribution is 2.21. The number of amides is 1. The fourth-order valence-electron chi connectivity index (χ4n) is 3.37. The molecule has 3 aromatic rings. The second kappa shape index (κ2) is 9.48. The number of nitrogens with one attached hydrogen (secondary N) is 1. The molecule has 28 heavy (non-hydrogen) atoms. The summed E-state index contributed by atoms with van der Waals surface area (Å²) in [5.41, 5.74) is 9.06. The topological polar surface area (TPSA) is 76.2 Å². The fraction of sp³-hybridized carbons (Fsp3) is 0.364. The van der Waals surface area contributed by atoms with E-state index in [1.54, 1.807) is 0 Å². The molecule has 1 heterocycles. The third-order valence-electron chi connectivity index (χ3n) is 5.07. The number of hydrogen-bond acceptors (Lipinski definition) is 4. The Morgan fingerprint density at radius 1 is 1.11 bits per heavy atom. The normalized spacial score (nSPS) is 12.4. The molecule has 6 heteroatoms. The molecule has 1 amide bonds. The van der Waals surface area contributed by atoms with Crippen molar-refractivity contribution in [3.05, 3.63) is 60.2 Å². The maximum absolute atomic E-state index is 12.6. The number of fused-ring (bicyclic) bond motifs is 1. The van der Waals surface area contributed by atoms with Gasteiger partial charge in [-0.3, -0.25) is 10.1 Å². The first-order valence-electron chi connectivity index (χ1n) is 9.90. The van der Waals surface area contributed by atoms with Gasteiger partial charge >= 0.3 is 0 Å². The Labute approximate surface area is 166 Å². The number of likely N-dealkylation sites (N-methyl/N-ethyl adjacent to an activating group) is 1. The number of nitrogens with two attached hydrogens (primary N) is 1. The van der Waals surface area contributed by atoms with Gasteiger partial charge in [-0.05, 0) is 30.8 Å². The van der Waals surface area contributed by atoms with E-state index < -0.39 is 0 Å². The van der Waals surface area contributed by atoms with Crippen LogP contribution in [0.4, 0.5) is 5.95 Å². The molecule has 1 aromatic heterocycles. The van der Waals surface area contributed by atoms with Gasteiger partial charge in [0.05, 0.1) is 11.0 Å². The SMILES string of the molecule is CCN(CC)CCn1c(NC(=O)CC(N)c2ccccc2)nc2ccccc21. The summed E-state index contributed by atoms with van der Waals surface area (Å²) < 4.78 is 2.08. The molecule has 3 N–H and O–H groups in total. The molecule has 148 valence electrons. The van der Waals surface area contributed by atoms with Crippen LogP contribution in [0.25, 0.3) is 11.0 Å². The largest absolute Gasteiger partial charge is 0.324 e. The summed E-state index contributed by atoms with van der Waals surface area (Å²) in [4.78, 5) is 19.6. The zero-order valence-corrected chi connectivity index (χ0v) is 16.6. The minimum atomic E-state index is -0.338. The first-order chi connectivity index (χ1) is 13.6. The van der Waals surface area contributed by atoms with Crippen LogP contribution in [0.1, 0.15) is 31.9 Å². The van der Waals surface area contributed by atoms with Crippen molar-refractivity contribution in [1.82, 2.24) is 14.5 Å². The lowest BCUT2D eigenvalue weighted by molar-refractivity contribution is -0.116. The lowest BCUT2D eigenvalue weighted by atomic mass is 10.0. The first kappa shape index (κ1) is 20.0. The van der Waals surface area contributed by atoms with E-state index in [2.05, 4.69) is 33.6 Å². The van der Waals surface area contributed by atoms with E-state index >= 15 is 0 Å². The molecular weight excluding hydrogens is 350 g/mol. The van der Waals surface area contributed by atoms with Crippen LogP contribution in [-0.2, 0) is 11.3 Å².